The molecule has 2 aliphatic heterocycles. The van der Waals surface area contributed by atoms with Gasteiger partial charge >= 0.3 is 5.97 Å². The molecular formula is C30H39N5O6. The van der Waals surface area contributed by atoms with Gasteiger partial charge in [0.2, 0.25) is 11.8 Å². The van der Waals surface area contributed by atoms with Crippen LogP contribution in [0.5, 0.6) is 0 Å². The molecule has 5 bridgehead atoms. The normalized spacial score (nSPS) is 28.2. The number of benzene rings is 1. The first-order valence-electron chi connectivity index (χ1n) is 14.1. The van der Waals surface area contributed by atoms with Crippen LogP contribution in [0, 0.1) is 11.8 Å². The number of rotatable bonds is 2. The van der Waals surface area contributed by atoms with Gasteiger partial charge in [0.15, 0.2) is 0 Å². The zero-order chi connectivity index (χ0) is 29.8. The van der Waals surface area contributed by atoms with Gasteiger partial charge in [-0.3, -0.25) is 24.2 Å². The van der Waals surface area contributed by atoms with Crippen LogP contribution in [0.25, 0.3) is 17.0 Å². The molecule has 0 spiro atoms. The van der Waals surface area contributed by atoms with Gasteiger partial charge < -0.3 is 20.5 Å². The van der Waals surface area contributed by atoms with E-state index in [0.717, 1.165) is 10.9 Å². The highest BCUT2D eigenvalue weighted by Gasteiger charge is 2.34. The van der Waals surface area contributed by atoms with Gasteiger partial charge in [-0.15, -0.1) is 0 Å². The third-order valence-electron chi connectivity index (χ3n) is 7.48. The van der Waals surface area contributed by atoms with Crippen molar-refractivity contribution in [3.8, 4) is 0 Å². The SMILES string of the molecule is CC(C)[C@@H]1NC(=O)[C@@H]([C@H](C)O)/C=C/c2ccc3ccc(nc3c2)[C@@H](C)OC(=O)[C@@H]2CCCN(N2)C(=O)[C@H](C)NC1=O. The Kier molecular flexibility index (Phi) is 9.39. The third kappa shape index (κ3) is 7.09. The lowest BCUT2D eigenvalue weighted by Crippen LogP contribution is -2.61. The molecule has 4 rings (SSSR count). The summed E-state index contributed by atoms with van der Waals surface area (Å²) < 4.78 is 5.73. The number of aliphatic hydroxyl groups is 1. The molecule has 11 heteroatoms. The maximum Gasteiger partial charge on any atom is 0.325 e. The first-order chi connectivity index (χ1) is 19.4. The maximum atomic E-state index is 13.3. The average Bonchev–Trinajstić information content (AvgIpc) is 2.94. The van der Waals surface area contributed by atoms with Gasteiger partial charge in [-0.2, -0.15) is 0 Å². The number of ether oxygens (including phenoxy) is 1. The van der Waals surface area contributed by atoms with Gasteiger partial charge in [-0.25, -0.2) is 10.4 Å². The van der Waals surface area contributed by atoms with Crippen LogP contribution >= 0.6 is 0 Å². The number of carbonyl (C=O) groups excluding carboxylic acids is 4. The van der Waals surface area contributed by atoms with Crippen molar-refractivity contribution in [3.05, 3.63) is 47.7 Å². The van der Waals surface area contributed by atoms with E-state index in [-0.39, 0.29) is 5.92 Å². The van der Waals surface area contributed by atoms with E-state index in [4.69, 9.17) is 9.72 Å². The van der Waals surface area contributed by atoms with Crippen molar-refractivity contribution in [2.24, 2.45) is 11.8 Å². The monoisotopic (exact) mass is 565 g/mol. The Morgan fingerprint density at radius 3 is 2.46 bits per heavy atom. The van der Waals surface area contributed by atoms with Crippen molar-refractivity contribution in [1.82, 2.24) is 26.1 Å². The molecule has 1 saturated heterocycles. The minimum absolute atomic E-state index is 0.295. The summed E-state index contributed by atoms with van der Waals surface area (Å²) >= 11 is 0. The standard InChI is InChI=1S/C30H39N5O6/c1-16(2)26-28(38)31-17(3)29(39)35-14-6-7-24(34-35)30(40)41-19(5)23-13-11-21-10-8-20(15-25(21)32-23)9-12-22(18(4)36)27(37)33-26/h8-13,15-19,22,24,26,34,36H,6-7,14H2,1-5H3,(H,31,38)(H,33,37)/b12-9+/t17-,18-,19+,22+,24-,26-/m0/s1. The van der Waals surface area contributed by atoms with E-state index in [0.29, 0.717) is 30.6 Å². The predicted octanol–water partition coefficient (Wildman–Crippen LogP) is 2.00. The van der Waals surface area contributed by atoms with Crippen LogP contribution in [-0.4, -0.2) is 69.6 Å². The van der Waals surface area contributed by atoms with E-state index < -0.39 is 59.9 Å². The summed E-state index contributed by atoms with van der Waals surface area (Å²) in [6.45, 7) is 8.73. The van der Waals surface area contributed by atoms with E-state index in [9.17, 15) is 24.3 Å². The molecule has 2 aliphatic rings. The van der Waals surface area contributed by atoms with Crippen LogP contribution < -0.4 is 16.1 Å². The van der Waals surface area contributed by atoms with Crippen molar-refractivity contribution in [2.45, 2.75) is 77.8 Å². The summed E-state index contributed by atoms with van der Waals surface area (Å²) in [5.41, 5.74) is 4.95. The van der Waals surface area contributed by atoms with Crippen LogP contribution in [-0.2, 0) is 23.9 Å². The molecule has 11 nitrogen and oxygen atoms in total. The summed E-state index contributed by atoms with van der Waals surface area (Å²) in [6.07, 6.45) is 2.72. The number of nitrogens with one attached hydrogen (secondary N) is 3. The summed E-state index contributed by atoms with van der Waals surface area (Å²) in [4.78, 5) is 57.4. The molecule has 4 N–H and O–H groups in total. The van der Waals surface area contributed by atoms with Crippen LogP contribution in [0.1, 0.15) is 64.8 Å². The van der Waals surface area contributed by atoms with Crippen LogP contribution in [0.15, 0.2) is 36.4 Å². The fraction of sp³-hybridized carbons (Fsp3) is 0.500. The summed E-state index contributed by atoms with van der Waals surface area (Å²) in [5.74, 6) is -3.17. The minimum Gasteiger partial charge on any atom is -0.455 e. The first-order valence-corrected chi connectivity index (χ1v) is 14.1. The lowest BCUT2D eigenvalue weighted by Gasteiger charge is -2.35. The number of hydrogen-bond donors (Lipinski definition) is 4. The van der Waals surface area contributed by atoms with Crippen LogP contribution in [0.4, 0.5) is 0 Å². The number of amides is 3. The highest BCUT2D eigenvalue weighted by atomic mass is 16.5. The topological polar surface area (TPSA) is 150 Å². The summed E-state index contributed by atoms with van der Waals surface area (Å²) in [6, 6.07) is 6.72. The molecule has 0 unspecified atom stereocenters. The number of cyclic esters (lactones) is 1. The van der Waals surface area contributed by atoms with Crippen molar-refractivity contribution < 1.29 is 29.0 Å². The Morgan fingerprint density at radius 1 is 1.02 bits per heavy atom. The Balaban J connectivity index is 1.71. The molecule has 1 fully saturated rings. The Bertz CT molecular complexity index is 1340. The molecule has 6 atom stereocenters. The number of nitrogens with zero attached hydrogens (tertiary/aromatic N) is 2. The van der Waals surface area contributed by atoms with Crippen LogP contribution in [0.3, 0.4) is 0 Å². The third-order valence-corrected chi connectivity index (χ3v) is 7.48. The van der Waals surface area contributed by atoms with E-state index in [1.54, 1.807) is 45.9 Å². The lowest BCUT2D eigenvalue weighted by molar-refractivity contribution is -0.157. The maximum absolute atomic E-state index is 13.3. The molecule has 2 aromatic rings. The molecule has 41 heavy (non-hydrogen) atoms. The van der Waals surface area contributed by atoms with Gasteiger partial charge in [-0.05, 0) is 57.2 Å². The second-order valence-electron chi connectivity index (χ2n) is 11.2. The predicted molar refractivity (Wildman–Crippen MR) is 153 cm³/mol. The summed E-state index contributed by atoms with van der Waals surface area (Å²) in [7, 11) is 0. The van der Waals surface area contributed by atoms with Gasteiger partial charge in [0.05, 0.1) is 23.2 Å². The molecule has 3 heterocycles. The number of hydrogen-bond acceptors (Lipinski definition) is 8. The molecule has 3 amide bonds. The number of carbonyl (C=O) groups is 4. The van der Waals surface area contributed by atoms with Crippen LogP contribution in [0.2, 0.25) is 0 Å². The van der Waals surface area contributed by atoms with Crippen molar-refractivity contribution in [2.75, 3.05) is 6.54 Å². The van der Waals surface area contributed by atoms with Crippen molar-refractivity contribution >= 4 is 40.7 Å². The van der Waals surface area contributed by atoms with Crippen molar-refractivity contribution in [1.29, 1.82) is 0 Å². The molecule has 0 aliphatic carbocycles. The smallest absolute Gasteiger partial charge is 0.325 e. The van der Waals surface area contributed by atoms with Gasteiger partial charge in [-0.1, -0.05) is 44.2 Å². The molecular weight excluding hydrogens is 526 g/mol. The lowest BCUT2D eigenvalue weighted by atomic mass is 9.97. The molecule has 0 radical (unpaired) electrons. The fourth-order valence-electron chi connectivity index (χ4n) is 4.98. The number of fused-ring (bicyclic) bond motifs is 4. The molecule has 1 aromatic carbocycles. The number of aliphatic hydroxyl groups excluding tert-OH is 1. The van der Waals surface area contributed by atoms with E-state index >= 15 is 0 Å². The van der Waals surface area contributed by atoms with Gasteiger partial charge in [0.1, 0.15) is 24.2 Å². The summed E-state index contributed by atoms with van der Waals surface area (Å²) in [5, 5.41) is 18.1. The quantitative estimate of drug-likeness (QED) is 0.404. The van der Waals surface area contributed by atoms with E-state index in [1.807, 2.05) is 24.3 Å². The van der Waals surface area contributed by atoms with Gasteiger partial charge in [0.25, 0.3) is 5.91 Å². The Labute approximate surface area is 239 Å². The highest BCUT2D eigenvalue weighted by molar-refractivity contribution is 5.93. The first kappa shape index (κ1) is 30.1. The fourth-order valence-corrected chi connectivity index (χ4v) is 4.98. The van der Waals surface area contributed by atoms with Crippen molar-refractivity contribution in [3.63, 3.8) is 0 Å². The Hall–Kier alpha value is -3.83. The number of pyridine rings is 1. The molecule has 1 aromatic heterocycles. The number of hydrazine groups is 1. The highest BCUT2D eigenvalue weighted by Crippen LogP contribution is 2.23. The zero-order valence-electron chi connectivity index (χ0n) is 24.1. The Morgan fingerprint density at radius 2 is 1.76 bits per heavy atom. The minimum atomic E-state index is -1.02. The molecule has 0 saturated carbocycles. The number of aromatic nitrogens is 1. The largest absolute Gasteiger partial charge is 0.455 e. The van der Waals surface area contributed by atoms with E-state index in [2.05, 4.69) is 16.1 Å². The average molecular weight is 566 g/mol. The molecule has 220 valence electrons. The zero-order valence-corrected chi connectivity index (χ0v) is 24.1. The number of esters is 1. The van der Waals surface area contributed by atoms with E-state index in [1.165, 1.54) is 11.9 Å². The second kappa shape index (κ2) is 12.8. The van der Waals surface area contributed by atoms with Gasteiger partial charge in [0, 0.05) is 11.9 Å². The second-order valence-corrected chi connectivity index (χ2v) is 11.2.